The Morgan fingerprint density at radius 2 is 2.12 bits per heavy atom. The highest BCUT2D eigenvalue weighted by molar-refractivity contribution is 6.16. The second-order valence-electron chi connectivity index (χ2n) is 5.20. The van der Waals surface area contributed by atoms with Crippen molar-refractivity contribution in [1.82, 2.24) is 4.98 Å². The Hall–Kier alpha value is -0.700. The molecule has 0 bridgehead atoms. The van der Waals surface area contributed by atoms with Crippen LogP contribution in [-0.2, 0) is 5.88 Å². The third-order valence-corrected chi connectivity index (χ3v) is 4.44. The van der Waals surface area contributed by atoms with Crippen molar-refractivity contribution in [3.05, 3.63) is 12.0 Å². The molecule has 1 aromatic rings. The van der Waals surface area contributed by atoms with Crippen LogP contribution >= 0.6 is 11.6 Å². The van der Waals surface area contributed by atoms with Gasteiger partial charge in [-0.05, 0) is 31.6 Å². The van der Waals surface area contributed by atoms with E-state index in [1.54, 1.807) is 6.26 Å². The number of hydrogen-bond donors (Lipinski definition) is 0. The van der Waals surface area contributed by atoms with Crippen LogP contribution in [0.25, 0.3) is 0 Å². The van der Waals surface area contributed by atoms with E-state index in [-0.39, 0.29) is 0 Å². The lowest BCUT2D eigenvalue weighted by Gasteiger charge is -2.43. The Labute approximate surface area is 107 Å². The summed E-state index contributed by atoms with van der Waals surface area (Å²) in [4.78, 5) is 6.85. The van der Waals surface area contributed by atoms with Crippen molar-refractivity contribution in [2.24, 2.45) is 5.92 Å². The molecule has 17 heavy (non-hydrogen) atoms. The summed E-state index contributed by atoms with van der Waals surface area (Å²) in [6.45, 7) is 1.09. The van der Waals surface area contributed by atoms with Crippen LogP contribution in [0.5, 0.6) is 0 Å². The number of alkyl halides is 1. The molecule has 0 aromatic carbocycles. The van der Waals surface area contributed by atoms with Gasteiger partial charge in [0.05, 0.1) is 11.6 Å². The number of oxazole rings is 1. The van der Waals surface area contributed by atoms with Crippen molar-refractivity contribution in [2.45, 2.75) is 50.4 Å². The van der Waals surface area contributed by atoms with Gasteiger partial charge in [0.2, 0.25) is 0 Å². The molecule has 0 radical (unpaired) electrons. The fourth-order valence-corrected chi connectivity index (χ4v) is 3.47. The van der Waals surface area contributed by atoms with Crippen molar-refractivity contribution in [3.63, 3.8) is 0 Å². The second-order valence-corrected chi connectivity index (χ2v) is 5.47. The molecule has 3 nitrogen and oxygen atoms in total. The fourth-order valence-electron chi connectivity index (χ4n) is 3.35. The summed E-state index contributed by atoms with van der Waals surface area (Å²) < 4.78 is 5.57. The van der Waals surface area contributed by atoms with Crippen LogP contribution in [0.3, 0.4) is 0 Å². The Balaban J connectivity index is 1.80. The lowest BCUT2D eigenvalue weighted by Crippen LogP contribution is -2.47. The molecule has 94 valence electrons. The summed E-state index contributed by atoms with van der Waals surface area (Å²) in [5.41, 5.74) is 0.847. The first kappa shape index (κ1) is 11.4. The molecular weight excluding hydrogens is 236 g/mol. The summed E-state index contributed by atoms with van der Waals surface area (Å²) in [7, 11) is 0. The van der Waals surface area contributed by atoms with Gasteiger partial charge < -0.3 is 9.32 Å². The Bertz CT molecular complexity index is 377. The average molecular weight is 255 g/mol. The van der Waals surface area contributed by atoms with E-state index in [1.165, 1.54) is 38.5 Å². The van der Waals surface area contributed by atoms with Gasteiger partial charge in [-0.15, -0.1) is 11.6 Å². The van der Waals surface area contributed by atoms with Gasteiger partial charge in [0.1, 0.15) is 6.26 Å². The fraction of sp³-hybridized carbons (Fsp3) is 0.769. The van der Waals surface area contributed by atoms with Crippen LogP contribution in [-0.4, -0.2) is 17.6 Å². The monoisotopic (exact) mass is 254 g/mol. The predicted octanol–water partition coefficient (Wildman–Crippen LogP) is 3.57. The molecule has 1 aliphatic heterocycles. The standard InChI is InChI=1S/C13H19ClN2O/c14-8-11-9-17-13(15-11)16-7-3-5-10-4-1-2-6-12(10)16/h9-10,12H,1-8H2/t10-,12-/m1/s1. The number of piperidine rings is 1. The molecule has 2 aliphatic rings. The molecule has 0 N–H and O–H groups in total. The number of fused-ring (bicyclic) bond motifs is 1. The topological polar surface area (TPSA) is 29.3 Å². The highest BCUT2D eigenvalue weighted by Gasteiger charge is 2.35. The van der Waals surface area contributed by atoms with E-state index in [1.807, 2.05) is 0 Å². The molecular formula is C13H19ClN2O. The highest BCUT2D eigenvalue weighted by Crippen LogP contribution is 2.37. The minimum Gasteiger partial charge on any atom is -0.432 e. The third-order valence-electron chi connectivity index (χ3n) is 4.17. The maximum absolute atomic E-state index is 5.78. The van der Waals surface area contributed by atoms with Crippen molar-refractivity contribution in [3.8, 4) is 0 Å². The van der Waals surface area contributed by atoms with E-state index in [0.717, 1.165) is 24.2 Å². The van der Waals surface area contributed by atoms with E-state index in [0.29, 0.717) is 11.9 Å². The number of aromatic nitrogens is 1. The van der Waals surface area contributed by atoms with Crippen molar-refractivity contribution in [2.75, 3.05) is 11.4 Å². The quantitative estimate of drug-likeness (QED) is 0.756. The first-order valence-electron chi connectivity index (χ1n) is 6.65. The molecule has 4 heteroatoms. The van der Waals surface area contributed by atoms with Crippen molar-refractivity contribution in [1.29, 1.82) is 0 Å². The molecule has 1 saturated heterocycles. The number of anilines is 1. The lowest BCUT2D eigenvalue weighted by molar-refractivity contribution is 0.235. The number of hydrogen-bond acceptors (Lipinski definition) is 3. The van der Waals surface area contributed by atoms with E-state index in [9.17, 15) is 0 Å². The van der Waals surface area contributed by atoms with Crippen molar-refractivity contribution < 1.29 is 4.42 Å². The Morgan fingerprint density at radius 1 is 1.29 bits per heavy atom. The Kier molecular flexibility index (Phi) is 3.28. The van der Waals surface area contributed by atoms with E-state index >= 15 is 0 Å². The zero-order chi connectivity index (χ0) is 11.7. The van der Waals surface area contributed by atoms with Crippen LogP contribution in [0.1, 0.15) is 44.2 Å². The maximum atomic E-state index is 5.78. The summed E-state index contributed by atoms with van der Waals surface area (Å²) in [5.74, 6) is 1.29. The molecule has 1 aromatic heterocycles. The van der Waals surface area contributed by atoms with Gasteiger partial charge in [0.25, 0.3) is 6.01 Å². The van der Waals surface area contributed by atoms with Crippen LogP contribution < -0.4 is 4.90 Å². The molecule has 0 amide bonds. The van der Waals surface area contributed by atoms with Gasteiger partial charge in [-0.2, -0.15) is 4.98 Å². The number of rotatable bonds is 2. The van der Waals surface area contributed by atoms with Gasteiger partial charge in [0, 0.05) is 12.6 Å². The zero-order valence-corrected chi connectivity index (χ0v) is 10.8. The molecule has 0 unspecified atom stereocenters. The molecule has 2 heterocycles. The maximum Gasteiger partial charge on any atom is 0.297 e. The van der Waals surface area contributed by atoms with E-state index in [2.05, 4.69) is 9.88 Å². The first-order valence-corrected chi connectivity index (χ1v) is 7.19. The van der Waals surface area contributed by atoms with Gasteiger partial charge >= 0.3 is 0 Å². The van der Waals surface area contributed by atoms with Gasteiger partial charge in [-0.1, -0.05) is 12.8 Å². The predicted molar refractivity (Wildman–Crippen MR) is 68.4 cm³/mol. The van der Waals surface area contributed by atoms with Gasteiger partial charge in [0.15, 0.2) is 0 Å². The third kappa shape index (κ3) is 2.17. The van der Waals surface area contributed by atoms with Crippen LogP contribution in [0.4, 0.5) is 6.01 Å². The number of halogens is 1. The molecule has 1 aliphatic carbocycles. The molecule has 3 rings (SSSR count). The summed E-state index contributed by atoms with van der Waals surface area (Å²) in [6, 6.07) is 1.44. The molecule has 1 saturated carbocycles. The Morgan fingerprint density at radius 3 is 2.94 bits per heavy atom. The summed E-state index contributed by atoms with van der Waals surface area (Å²) in [5, 5.41) is 0. The van der Waals surface area contributed by atoms with Gasteiger partial charge in [-0.25, -0.2) is 0 Å². The molecule has 2 fully saturated rings. The van der Waals surface area contributed by atoms with Gasteiger partial charge in [-0.3, -0.25) is 0 Å². The van der Waals surface area contributed by atoms with Crippen LogP contribution in [0.15, 0.2) is 10.7 Å². The van der Waals surface area contributed by atoms with E-state index in [4.69, 9.17) is 16.0 Å². The first-order chi connectivity index (χ1) is 8.38. The smallest absolute Gasteiger partial charge is 0.297 e. The van der Waals surface area contributed by atoms with Crippen molar-refractivity contribution >= 4 is 17.6 Å². The van der Waals surface area contributed by atoms with Crippen LogP contribution in [0, 0.1) is 5.92 Å². The largest absolute Gasteiger partial charge is 0.432 e. The van der Waals surface area contributed by atoms with E-state index < -0.39 is 0 Å². The normalized spacial score (nSPS) is 29.1. The minimum atomic E-state index is 0.436. The lowest BCUT2D eigenvalue weighted by atomic mass is 9.78. The summed E-state index contributed by atoms with van der Waals surface area (Å²) in [6.07, 6.45) is 9.75. The highest BCUT2D eigenvalue weighted by atomic mass is 35.5. The van der Waals surface area contributed by atoms with Crippen LogP contribution in [0.2, 0.25) is 0 Å². The second kappa shape index (κ2) is 4.89. The zero-order valence-electron chi connectivity index (χ0n) is 10.1. The minimum absolute atomic E-state index is 0.436. The average Bonchev–Trinajstić information content (AvgIpc) is 2.87. The molecule has 2 atom stereocenters. The molecule has 0 spiro atoms. The number of nitrogens with zero attached hydrogens (tertiary/aromatic N) is 2. The SMILES string of the molecule is ClCc1coc(N2CCC[C@H]3CCCC[C@H]32)n1. The summed E-state index contributed by atoms with van der Waals surface area (Å²) >= 11 is 5.78.